The molecule has 0 aromatic carbocycles. The molecular formula is C22H29FN8OS. The second kappa shape index (κ2) is 9.74. The third-order valence-electron chi connectivity index (χ3n) is 5.51. The number of nitrogens with zero attached hydrogens (tertiary/aromatic N) is 6. The van der Waals surface area contributed by atoms with E-state index >= 15 is 0 Å². The number of hydrogen-bond donors (Lipinski definition) is 2. The Labute approximate surface area is 199 Å². The van der Waals surface area contributed by atoms with Gasteiger partial charge >= 0.3 is 0 Å². The number of nitrogens with one attached hydrogen (secondary N) is 2. The molecule has 0 bridgehead atoms. The molecule has 0 unspecified atom stereocenters. The minimum atomic E-state index is -0.315. The number of halogens is 1. The Kier molecular flexibility index (Phi) is 7.21. The SMILES string of the molecule is Cc1nc(Cn2cc(CNc3nc(C)c4c(n3)N(C)[C@@H](C(C)C)C(=O)N4)cn2)ccc1F.S. The molecule has 4 rings (SSSR count). The maximum atomic E-state index is 13.4. The van der Waals surface area contributed by atoms with Gasteiger partial charge < -0.3 is 15.5 Å². The number of rotatable bonds is 6. The van der Waals surface area contributed by atoms with E-state index < -0.39 is 0 Å². The van der Waals surface area contributed by atoms with Crippen molar-refractivity contribution in [2.45, 2.75) is 46.8 Å². The van der Waals surface area contributed by atoms with E-state index in [0.717, 1.165) is 11.3 Å². The Hall–Kier alpha value is -3.21. The first-order valence-electron chi connectivity index (χ1n) is 10.5. The molecule has 1 atom stereocenters. The first-order valence-corrected chi connectivity index (χ1v) is 10.5. The maximum absolute atomic E-state index is 13.4. The zero-order chi connectivity index (χ0) is 23.0. The van der Waals surface area contributed by atoms with Crippen LogP contribution in [0.3, 0.4) is 0 Å². The van der Waals surface area contributed by atoms with E-state index in [-0.39, 0.29) is 37.2 Å². The van der Waals surface area contributed by atoms with Crippen molar-refractivity contribution >= 4 is 36.9 Å². The zero-order valence-corrected chi connectivity index (χ0v) is 20.3. The number of amides is 1. The van der Waals surface area contributed by atoms with Gasteiger partial charge in [-0.1, -0.05) is 13.8 Å². The summed E-state index contributed by atoms with van der Waals surface area (Å²) < 4.78 is 15.2. The average molecular weight is 473 g/mol. The van der Waals surface area contributed by atoms with Crippen molar-refractivity contribution in [1.29, 1.82) is 0 Å². The van der Waals surface area contributed by atoms with Crippen molar-refractivity contribution in [3.63, 3.8) is 0 Å². The van der Waals surface area contributed by atoms with Gasteiger partial charge in [0.05, 0.1) is 29.8 Å². The van der Waals surface area contributed by atoms with Crippen LogP contribution in [-0.2, 0) is 17.9 Å². The predicted octanol–water partition coefficient (Wildman–Crippen LogP) is 3.01. The molecule has 1 aliphatic heterocycles. The zero-order valence-electron chi connectivity index (χ0n) is 19.3. The Balaban J connectivity index is 0.00000306. The summed E-state index contributed by atoms with van der Waals surface area (Å²) in [4.78, 5) is 27.8. The fourth-order valence-corrected chi connectivity index (χ4v) is 3.91. The van der Waals surface area contributed by atoms with Crippen LogP contribution in [0.5, 0.6) is 0 Å². The summed E-state index contributed by atoms with van der Waals surface area (Å²) in [6.07, 6.45) is 3.66. The third-order valence-corrected chi connectivity index (χ3v) is 5.51. The summed E-state index contributed by atoms with van der Waals surface area (Å²) in [6.45, 7) is 8.46. The molecule has 9 nitrogen and oxygen atoms in total. The fraction of sp³-hybridized carbons (Fsp3) is 0.409. The number of aryl methyl sites for hydroxylation is 2. The van der Waals surface area contributed by atoms with Crippen molar-refractivity contribution in [3.05, 3.63) is 53.0 Å². The van der Waals surface area contributed by atoms with Gasteiger partial charge in [-0.05, 0) is 31.9 Å². The Morgan fingerprint density at radius 3 is 2.64 bits per heavy atom. The highest BCUT2D eigenvalue weighted by molar-refractivity contribution is 7.59. The maximum Gasteiger partial charge on any atom is 0.247 e. The molecule has 176 valence electrons. The highest BCUT2D eigenvalue weighted by Gasteiger charge is 2.35. The number of hydrogen-bond acceptors (Lipinski definition) is 7. The van der Waals surface area contributed by atoms with Crippen LogP contribution in [-0.4, -0.2) is 43.7 Å². The van der Waals surface area contributed by atoms with Crippen LogP contribution in [0.2, 0.25) is 0 Å². The minimum Gasteiger partial charge on any atom is -0.350 e. The van der Waals surface area contributed by atoms with Crippen molar-refractivity contribution in [2.24, 2.45) is 5.92 Å². The van der Waals surface area contributed by atoms with Gasteiger partial charge in [0.1, 0.15) is 17.5 Å². The van der Waals surface area contributed by atoms with Crippen molar-refractivity contribution in [1.82, 2.24) is 24.7 Å². The van der Waals surface area contributed by atoms with Gasteiger partial charge in [-0.25, -0.2) is 9.37 Å². The summed E-state index contributed by atoms with van der Waals surface area (Å²) in [7, 11) is 1.88. The number of anilines is 3. The second-order valence-corrected chi connectivity index (χ2v) is 8.39. The van der Waals surface area contributed by atoms with Crippen molar-refractivity contribution in [3.8, 4) is 0 Å². The Morgan fingerprint density at radius 1 is 1.18 bits per heavy atom. The van der Waals surface area contributed by atoms with Crippen LogP contribution in [0.25, 0.3) is 0 Å². The molecule has 3 aromatic rings. The van der Waals surface area contributed by atoms with Crippen molar-refractivity contribution in [2.75, 3.05) is 22.6 Å². The van der Waals surface area contributed by atoms with Crippen LogP contribution in [0.1, 0.15) is 36.5 Å². The highest BCUT2D eigenvalue weighted by Crippen LogP contribution is 2.34. The summed E-state index contributed by atoms with van der Waals surface area (Å²) in [5, 5.41) is 10.5. The second-order valence-electron chi connectivity index (χ2n) is 8.39. The molecular weight excluding hydrogens is 443 g/mol. The highest BCUT2D eigenvalue weighted by atomic mass is 32.1. The Morgan fingerprint density at radius 2 is 1.94 bits per heavy atom. The number of aromatic nitrogens is 5. The van der Waals surface area contributed by atoms with E-state index in [4.69, 9.17) is 0 Å². The molecule has 3 aromatic heterocycles. The lowest BCUT2D eigenvalue weighted by Crippen LogP contribution is -2.49. The summed E-state index contributed by atoms with van der Waals surface area (Å²) in [5.74, 6) is 0.970. The van der Waals surface area contributed by atoms with Gasteiger partial charge in [0, 0.05) is 25.4 Å². The minimum absolute atomic E-state index is 0. The van der Waals surface area contributed by atoms with Crippen LogP contribution in [0, 0.1) is 25.6 Å². The molecule has 2 N–H and O–H groups in total. The molecule has 0 spiro atoms. The van der Waals surface area contributed by atoms with Crippen LogP contribution >= 0.6 is 13.5 Å². The quantitative estimate of drug-likeness (QED) is 0.569. The largest absolute Gasteiger partial charge is 0.350 e. The lowest BCUT2D eigenvalue weighted by Gasteiger charge is -2.36. The van der Waals surface area contributed by atoms with E-state index in [1.165, 1.54) is 6.07 Å². The van der Waals surface area contributed by atoms with E-state index in [1.807, 2.05) is 38.9 Å². The summed E-state index contributed by atoms with van der Waals surface area (Å²) in [5.41, 5.74) is 3.41. The van der Waals surface area contributed by atoms with Crippen LogP contribution < -0.4 is 15.5 Å². The predicted molar refractivity (Wildman–Crippen MR) is 130 cm³/mol. The van der Waals surface area contributed by atoms with Crippen LogP contribution in [0.15, 0.2) is 24.5 Å². The van der Waals surface area contributed by atoms with E-state index in [1.54, 1.807) is 23.9 Å². The van der Waals surface area contributed by atoms with Gasteiger partial charge in [0.2, 0.25) is 11.9 Å². The molecule has 1 aliphatic rings. The average Bonchev–Trinajstić information content (AvgIpc) is 3.17. The smallest absolute Gasteiger partial charge is 0.247 e. The number of fused-ring (bicyclic) bond motifs is 1. The number of pyridine rings is 1. The van der Waals surface area contributed by atoms with E-state index in [9.17, 15) is 9.18 Å². The lowest BCUT2D eigenvalue weighted by molar-refractivity contribution is -0.118. The number of carbonyl (C=O) groups excluding carboxylic acids is 1. The molecule has 0 fully saturated rings. The normalized spacial score (nSPS) is 15.2. The van der Waals surface area contributed by atoms with Gasteiger partial charge in [0.25, 0.3) is 0 Å². The molecule has 11 heteroatoms. The molecule has 33 heavy (non-hydrogen) atoms. The summed E-state index contributed by atoms with van der Waals surface area (Å²) >= 11 is 0. The number of carbonyl (C=O) groups is 1. The van der Waals surface area contributed by atoms with E-state index in [0.29, 0.717) is 41.9 Å². The van der Waals surface area contributed by atoms with Gasteiger partial charge in [-0.2, -0.15) is 23.6 Å². The Bertz CT molecular complexity index is 1170. The first-order chi connectivity index (χ1) is 15.2. The molecule has 4 heterocycles. The van der Waals surface area contributed by atoms with Crippen LogP contribution in [0.4, 0.5) is 21.8 Å². The fourth-order valence-electron chi connectivity index (χ4n) is 3.91. The third kappa shape index (κ3) is 5.08. The van der Waals surface area contributed by atoms with Gasteiger partial charge in [-0.3, -0.25) is 14.5 Å². The van der Waals surface area contributed by atoms with Gasteiger partial charge in [-0.15, -0.1) is 0 Å². The standard InChI is InChI=1S/C22H27FN8O.H2S/c1-12(2)19-21(32)28-18-14(4)27-22(29-20(18)30(19)5)24-8-15-9-25-31(10-15)11-16-6-7-17(23)13(3)26-16;/h6-7,9-10,12,19H,8,11H2,1-5H3,(H,28,32)(H,24,27,29);1H2/t19-;/m0./s1. The van der Waals surface area contributed by atoms with Crippen molar-refractivity contribution < 1.29 is 9.18 Å². The number of likely N-dealkylation sites (N-methyl/N-ethyl adjacent to an activating group) is 1. The topological polar surface area (TPSA) is 101 Å². The lowest BCUT2D eigenvalue weighted by atomic mass is 9.99. The monoisotopic (exact) mass is 472 g/mol. The summed E-state index contributed by atoms with van der Waals surface area (Å²) in [6, 6.07) is 2.79. The van der Waals surface area contributed by atoms with Gasteiger partial charge in [0.15, 0.2) is 5.82 Å². The van der Waals surface area contributed by atoms with E-state index in [2.05, 4.69) is 30.7 Å². The molecule has 1 amide bonds. The molecule has 0 radical (unpaired) electrons. The first kappa shape index (κ1) is 24.4. The molecule has 0 saturated heterocycles. The molecule has 0 saturated carbocycles. The molecule has 0 aliphatic carbocycles.